The number of hydrogen-bond acceptors (Lipinski definition) is 4. The number of amides is 1. The van der Waals surface area contributed by atoms with Crippen LogP contribution >= 0.6 is 0 Å². The molecule has 0 spiro atoms. The first kappa shape index (κ1) is 17.3. The SMILES string of the molecule is CCc1ccc(S(=O)(=O)Nc2ccccc2N2CCNC(=O)C2)cc1. The second-order valence-corrected chi connectivity index (χ2v) is 7.57. The average Bonchev–Trinajstić information content (AvgIpc) is 2.62. The van der Waals surface area contributed by atoms with Crippen molar-refractivity contribution in [1.82, 2.24) is 5.32 Å². The lowest BCUT2D eigenvalue weighted by molar-refractivity contribution is -0.120. The quantitative estimate of drug-likeness (QED) is 0.856. The summed E-state index contributed by atoms with van der Waals surface area (Å²) in [6.07, 6.45) is 0.855. The van der Waals surface area contributed by atoms with E-state index in [1.807, 2.05) is 36.1 Å². The first-order chi connectivity index (χ1) is 12.0. The van der Waals surface area contributed by atoms with Gasteiger partial charge >= 0.3 is 0 Å². The van der Waals surface area contributed by atoms with Crippen molar-refractivity contribution < 1.29 is 13.2 Å². The lowest BCUT2D eigenvalue weighted by atomic mass is 10.2. The van der Waals surface area contributed by atoms with Crippen LogP contribution in [0.3, 0.4) is 0 Å². The molecule has 1 aliphatic rings. The Balaban J connectivity index is 1.88. The van der Waals surface area contributed by atoms with E-state index in [2.05, 4.69) is 10.0 Å². The highest BCUT2D eigenvalue weighted by atomic mass is 32.2. The van der Waals surface area contributed by atoms with Crippen LogP contribution in [0.2, 0.25) is 0 Å². The number of nitrogens with zero attached hydrogens (tertiary/aromatic N) is 1. The molecule has 1 fully saturated rings. The number of aryl methyl sites for hydroxylation is 1. The third kappa shape index (κ3) is 3.93. The zero-order chi connectivity index (χ0) is 17.9. The molecule has 0 radical (unpaired) electrons. The van der Waals surface area contributed by atoms with Crippen molar-refractivity contribution in [1.29, 1.82) is 0 Å². The number of carbonyl (C=O) groups is 1. The van der Waals surface area contributed by atoms with Gasteiger partial charge in [0.25, 0.3) is 10.0 Å². The van der Waals surface area contributed by atoms with Gasteiger partial charge in [-0.3, -0.25) is 9.52 Å². The van der Waals surface area contributed by atoms with E-state index in [0.29, 0.717) is 24.5 Å². The topological polar surface area (TPSA) is 78.5 Å². The Morgan fingerprint density at radius 3 is 2.52 bits per heavy atom. The standard InChI is InChI=1S/C18H21N3O3S/c1-2-14-7-9-15(10-8-14)25(23,24)20-16-5-3-4-6-17(16)21-12-11-19-18(22)13-21/h3-10,20H,2,11-13H2,1H3,(H,19,22). The van der Waals surface area contributed by atoms with Crippen molar-refractivity contribution in [2.75, 3.05) is 29.3 Å². The van der Waals surface area contributed by atoms with E-state index in [4.69, 9.17) is 0 Å². The maximum Gasteiger partial charge on any atom is 0.261 e. The fraction of sp³-hybridized carbons (Fsp3) is 0.278. The summed E-state index contributed by atoms with van der Waals surface area (Å²) in [4.78, 5) is 13.7. The molecule has 2 aromatic carbocycles. The summed E-state index contributed by atoms with van der Waals surface area (Å²) < 4.78 is 28.0. The van der Waals surface area contributed by atoms with Gasteiger partial charge in [-0.1, -0.05) is 31.2 Å². The predicted molar refractivity (Wildman–Crippen MR) is 98.3 cm³/mol. The van der Waals surface area contributed by atoms with Crippen LogP contribution in [0, 0.1) is 0 Å². The van der Waals surface area contributed by atoms with Crippen LogP contribution in [-0.2, 0) is 21.2 Å². The summed E-state index contributed by atoms with van der Waals surface area (Å²) in [5, 5.41) is 2.77. The molecule has 1 aliphatic heterocycles. The Hall–Kier alpha value is -2.54. The average molecular weight is 359 g/mol. The summed E-state index contributed by atoms with van der Waals surface area (Å²) in [7, 11) is -3.69. The Morgan fingerprint density at radius 1 is 1.12 bits per heavy atom. The van der Waals surface area contributed by atoms with Crippen molar-refractivity contribution in [2.24, 2.45) is 0 Å². The molecule has 2 aromatic rings. The van der Waals surface area contributed by atoms with E-state index in [1.165, 1.54) is 0 Å². The van der Waals surface area contributed by atoms with E-state index in [9.17, 15) is 13.2 Å². The molecule has 1 saturated heterocycles. The van der Waals surface area contributed by atoms with Gasteiger partial charge < -0.3 is 10.2 Å². The molecule has 0 bridgehead atoms. The number of nitrogens with one attached hydrogen (secondary N) is 2. The Kier molecular flexibility index (Phi) is 4.94. The van der Waals surface area contributed by atoms with Crippen molar-refractivity contribution in [3.63, 3.8) is 0 Å². The van der Waals surface area contributed by atoms with Crippen LogP contribution in [0.25, 0.3) is 0 Å². The minimum absolute atomic E-state index is 0.0703. The van der Waals surface area contributed by atoms with E-state index >= 15 is 0 Å². The largest absolute Gasteiger partial charge is 0.359 e. The van der Waals surface area contributed by atoms with E-state index < -0.39 is 10.0 Å². The van der Waals surface area contributed by atoms with E-state index in [1.54, 1.807) is 24.3 Å². The number of anilines is 2. The molecule has 25 heavy (non-hydrogen) atoms. The van der Waals surface area contributed by atoms with Crippen LogP contribution in [0.15, 0.2) is 53.4 Å². The molecular formula is C18H21N3O3S. The third-order valence-electron chi connectivity index (χ3n) is 4.17. The maximum absolute atomic E-state index is 12.7. The molecule has 1 amide bonds. The molecule has 132 valence electrons. The lowest BCUT2D eigenvalue weighted by Crippen LogP contribution is -2.47. The monoisotopic (exact) mass is 359 g/mol. The van der Waals surface area contributed by atoms with E-state index in [0.717, 1.165) is 12.0 Å². The number of sulfonamides is 1. The van der Waals surface area contributed by atoms with Crippen molar-refractivity contribution in [3.05, 3.63) is 54.1 Å². The second-order valence-electron chi connectivity index (χ2n) is 5.89. The van der Waals surface area contributed by atoms with Crippen LogP contribution in [0.4, 0.5) is 11.4 Å². The molecule has 1 heterocycles. The number of hydrogen-bond donors (Lipinski definition) is 2. The molecule has 6 nitrogen and oxygen atoms in total. The molecule has 0 aliphatic carbocycles. The van der Waals surface area contributed by atoms with E-state index in [-0.39, 0.29) is 17.3 Å². The highest BCUT2D eigenvalue weighted by Crippen LogP contribution is 2.28. The first-order valence-electron chi connectivity index (χ1n) is 8.22. The lowest BCUT2D eigenvalue weighted by Gasteiger charge is -2.30. The van der Waals surface area contributed by atoms with Crippen LogP contribution in [0.5, 0.6) is 0 Å². The van der Waals surface area contributed by atoms with Crippen molar-refractivity contribution in [2.45, 2.75) is 18.2 Å². The van der Waals surface area contributed by atoms with Gasteiger partial charge in [0.15, 0.2) is 0 Å². The van der Waals surface area contributed by atoms with Gasteiger partial charge in [0, 0.05) is 13.1 Å². The zero-order valence-corrected chi connectivity index (χ0v) is 14.8. The predicted octanol–water partition coefficient (Wildman–Crippen LogP) is 1.99. The minimum atomic E-state index is -3.69. The van der Waals surface area contributed by atoms with Gasteiger partial charge in [-0.15, -0.1) is 0 Å². The van der Waals surface area contributed by atoms with Gasteiger partial charge in [0.2, 0.25) is 5.91 Å². The molecule has 2 N–H and O–H groups in total. The zero-order valence-electron chi connectivity index (χ0n) is 14.0. The fourth-order valence-corrected chi connectivity index (χ4v) is 3.86. The van der Waals surface area contributed by atoms with Crippen LogP contribution < -0.4 is 14.9 Å². The minimum Gasteiger partial charge on any atom is -0.359 e. The molecule has 0 atom stereocenters. The smallest absolute Gasteiger partial charge is 0.261 e. The molecule has 3 rings (SSSR count). The number of rotatable bonds is 5. The van der Waals surface area contributed by atoms with Crippen molar-refractivity contribution in [3.8, 4) is 0 Å². The van der Waals surface area contributed by atoms with Crippen LogP contribution in [-0.4, -0.2) is 34.0 Å². The van der Waals surface area contributed by atoms with Gasteiger partial charge in [-0.25, -0.2) is 8.42 Å². The Morgan fingerprint density at radius 2 is 1.84 bits per heavy atom. The summed E-state index contributed by atoms with van der Waals surface area (Å²) in [6.45, 7) is 3.41. The van der Waals surface area contributed by atoms with Gasteiger partial charge in [-0.05, 0) is 36.2 Å². The highest BCUT2D eigenvalue weighted by molar-refractivity contribution is 7.92. The Bertz CT molecular complexity index is 863. The second kappa shape index (κ2) is 7.14. The molecule has 0 saturated carbocycles. The number of carbonyl (C=O) groups excluding carboxylic acids is 1. The van der Waals surface area contributed by atoms with Gasteiger partial charge in [-0.2, -0.15) is 0 Å². The van der Waals surface area contributed by atoms with Gasteiger partial charge in [0.1, 0.15) is 0 Å². The molecular weight excluding hydrogens is 338 g/mol. The highest BCUT2D eigenvalue weighted by Gasteiger charge is 2.21. The third-order valence-corrected chi connectivity index (χ3v) is 5.55. The van der Waals surface area contributed by atoms with Gasteiger partial charge in [0.05, 0.1) is 22.8 Å². The number of para-hydroxylation sites is 2. The fourth-order valence-electron chi connectivity index (χ4n) is 2.79. The number of benzene rings is 2. The summed E-state index contributed by atoms with van der Waals surface area (Å²) in [5.74, 6) is -0.0703. The molecule has 0 unspecified atom stereocenters. The Labute approximate surface area is 147 Å². The molecule has 0 aromatic heterocycles. The van der Waals surface area contributed by atoms with Crippen LogP contribution in [0.1, 0.15) is 12.5 Å². The summed E-state index contributed by atoms with van der Waals surface area (Å²) in [5.41, 5.74) is 2.25. The summed E-state index contributed by atoms with van der Waals surface area (Å²) >= 11 is 0. The maximum atomic E-state index is 12.7. The number of piperazine rings is 1. The van der Waals surface area contributed by atoms with Crippen molar-refractivity contribution >= 4 is 27.3 Å². The first-order valence-corrected chi connectivity index (χ1v) is 9.70. The normalized spacial score (nSPS) is 14.9. The summed E-state index contributed by atoms with van der Waals surface area (Å²) in [6, 6.07) is 14.0. The molecule has 7 heteroatoms.